The second-order valence-electron chi connectivity index (χ2n) is 4.42. The number of anilines is 1. The Morgan fingerprint density at radius 3 is 3.32 bits per heavy atom. The van der Waals surface area contributed by atoms with Crippen LogP contribution in [0.1, 0.15) is 12.1 Å². The molecular formula is C14H15N5. The lowest BCUT2D eigenvalue weighted by molar-refractivity contribution is 1.06. The van der Waals surface area contributed by atoms with E-state index in [1.54, 1.807) is 6.20 Å². The van der Waals surface area contributed by atoms with Crippen LogP contribution >= 0.6 is 0 Å². The van der Waals surface area contributed by atoms with Gasteiger partial charge in [0.15, 0.2) is 11.5 Å². The summed E-state index contributed by atoms with van der Waals surface area (Å²) in [6.07, 6.45) is 14.4. The smallest absolute Gasteiger partial charge is 0.180 e. The molecular weight excluding hydrogens is 238 g/mol. The van der Waals surface area contributed by atoms with Gasteiger partial charge in [0, 0.05) is 37.5 Å². The molecule has 3 rings (SSSR count). The Hall–Kier alpha value is -2.43. The standard InChI is InChI=1S/C14H15N5/c1-11-10-19-7-6-16-14(19)13(18-11)17-9-12-4-2-3-5-15-8-12/h3-8,10H,2,9H2,1H3,(H,17,18). The van der Waals surface area contributed by atoms with Crippen molar-refractivity contribution in [2.75, 3.05) is 11.9 Å². The summed E-state index contributed by atoms with van der Waals surface area (Å²) in [7, 11) is 0. The largest absolute Gasteiger partial charge is 0.363 e. The van der Waals surface area contributed by atoms with Gasteiger partial charge in [-0.2, -0.15) is 0 Å². The minimum atomic E-state index is 0.699. The topological polar surface area (TPSA) is 54.6 Å². The quantitative estimate of drug-likeness (QED) is 0.913. The Morgan fingerprint density at radius 1 is 1.42 bits per heavy atom. The monoisotopic (exact) mass is 253 g/mol. The molecule has 2 aromatic rings. The SMILES string of the molecule is Cc1cn2ccnc2c(NCC2=CCC=CN=C2)n1. The molecule has 0 saturated heterocycles. The maximum Gasteiger partial charge on any atom is 0.180 e. The molecule has 96 valence electrons. The van der Waals surface area contributed by atoms with Gasteiger partial charge < -0.3 is 9.72 Å². The summed E-state index contributed by atoms with van der Waals surface area (Å²) < 4.78 is 1.97. The zero-order valence-corrected chi connectivity index (χ0v) is 10.7. The summed E-state index contributed by atoms with van der Waals surface area (Å²) in [6.45, 7) is 2.67. The molecule has 1 aliphatic rings. The molecule has 2 aromatic heterocycles. The normalized spacial score (nSPS) is 14.5. The molecule has 1 N–H and O–H groups in total. The molecule has 0 amide bonds. The van der Waals surface area contributed by atoms with Crippen LogP contribution in [0.25, 0.3) is 5.65 Å². The summed E-state index contributed by atoms with van der Waals surface area (Å²) >= 11 is 0. The van der Waals surface area contributed by atoms with E-state index < -0.39 is 0 Å². The summed E-state index contributed by atoms with van der Waals surface area (Å²) in [5, 5.41) is 3.33. The van der Waals surface area contributed by atoms with E-state index in [0.29, 0.717) is 6.54 Å². The van der Waals surface area contributed by atoms with Crippen molar-refractivity contribution >= 4 is 17.7 Å². The molecule has 0 bridgehead atoms. The van der Waals surface area contributed by atoms with E-state index in [-0.39, 0.29) is 0 Å². The van der Waals surface area contributed by atoms with Crippen LogP contribution in [0.3, 0.4) is 0 Å². The highest BCUT2D eigenvalue weighted by atomic mass is 15.1. The van der Waals surface area contributed by atoms with Gasteiger partial charge in [0.05, 0.1) is 5.69 Å². The van der Waals surface area contributed by atoms with Gasteiger partial charge in [-0.15, -0.1) is 0 Å². The van der Waals surface area contributed by atoms with Gasteiger partial charge in [0.2, 0.25) is 0 Å². The molecule has 19 heavy (non-hydrogen) atoms. The van der Waals surface area contributed by atoms with Crippen LogP contribution in [0.15, 0.2) is 47.5 Å². The molecule has 0 fully saturated rings. The highest BCUT2D eigenvalue weighted by molar-refractivity contribution is 5.81. The molecule has 0 unspecified atom stereocenters. The van der Waals surface area contributed by atoms with Gasteiger partial charge in [-0.25, -0.2) is 9.97 Å². The molecule has 5 heteroatoms. The molecule has 0 aliphatic carbocycles. The second kappa shape index (κ2) is 5.06. The Bertz CT molecular complexity index is 678. The number of nitrogens with zero attached hydrogens (tertiary/aromatic N) is 4. The highest BCUT2D eigenvalue weighted by Crippen LogP contribution is 2.13. The lowest BCUT2D eigenvalue weighted by Crippen LogP contribution is -2.09. The average Bonchev–Trinajstić information content (AvgIpc) is 2.71. The number of rotatable bonds is 3. The lowest BCUT2D eigenvalue weighted by Gasteiger charge is -2.08. The number of aliphatic imine (C=N–C) groups is 1. The predicted molar refractivity (Wildman–Crippen MR) is 76.5 cm³/mol. The van der Waals surface area contributed by atoms with Crippen LogP contribution in [0.4, 0.5) is 5.82 Å². The fraction of sp³-hybridized carbons (Fsp3) is 0.214. The summed E-state index contributed by atoms with van der Waals surface area (Å²) in [5.74, 6) is 0.802. The van der Waals surface area contributed by atoms with Gasteiger partial charge in [-0.05, 0) is 18.9 Å². The van der Waals surface area contributed by atoms with Crippen LogP contribution in [-0.2, 0) is 0 Å². The Balaban J connectivity index is 1.82. The third-order valence-corrected chi connectivity index (χ3v) is 2.90. The Morgan fingerprint density at radius 2 is 2.37 bits per heavy atom. The molecule has 0 radical (unpaired) electrons. The maximum atomic E-state index is 4.50. The van der Waals surface area contributed by atoms with Crippen LogP contribution < -0.4 is 5.32 Å². The van der Waals surface area contributed by atoms with Crippen LogP contribution in [0.2, 0.25) is 0 Å². The number of fused-ring (bicyclic) bond motifs is 1. The van der Waals surface area contributed by atoms with Crippen molar-refractivity contribution in [1.82, 2.24) is 14.4 Å². The number of aryl methyl sites for hydroxylation is 1. The van der Waals surface area contributed by atoms with Crippen LogP contribution in [0, 0.1) is 6.92 Å². The first-order chi connectivity index (χ1) is 9.33. The fourth-order valence-corrected chi connectivity index (χ4v) is 2.01. The number of hydrogen-bond donors (Lipinski definition) is 1. The summed E-state index contributed by atoms with van der Waals surface area (Å²) in [5.41, 5.74) is 2.95. The fourth-order valence-electron chi connectivity index (χ4n) is 2.01. The van der Waals surface area contributed by atoms with E-state index in [2.05, 4.69) is 26.4 Å². The van der Waals surface area contributed by atoms with Gasteiger partial charge in [-0.1, -0.05) is 12.2 Å². The van der Waals surface area contributed by atoms with Crippen molar-refractivity contribution in [3.8, 4) is 0 Å². The zero-order chi connectivity index (χ0) is 13.1. The number of imidazole rings is 1. The number of allylic oxidation sites excluding steroid dienone is 2. The number of hydrogen-bond acceptors (Lipinski definition) is 4. The first-order valence-electron chi connectivity index (χ1n) is 6.24. The van der Waals surface area contributed by atoms with Gasteiger partial charge in [0.25, 0.3) is 0 Å². The number of nitrogens with one attached hydrogen (secondary N) is 1. The van der Waals surface area contributed by atoms with E-state index in [1.165, 1.54) is 0 Å². The molecule has 1 aliphatic heterocycles. The summed E-state index contributed by atoms with van der Waals surface area (Å²) in [6, 6.07) is 0. The molecule has 0 spiro atoms. The highest BCUT2D eigenvalue weighted by Gasteiger charge is 2.05. The minimum Gasteiger partial charge on any atom is -0.363 e. The third kappa shape index (κ3) is 2.54. The predicted octanol–water partition coefficient (Wildman–Crippen LogP) is 2.36. The van der Waals surface area contributed by atoms with E-state index >= 15 is 0 Å². The van der Waals surface area contributed by atoms with Crippen molar-refractivity contribution in [3.05, 3.63) is 48.2 Å². The minimum absolute atomic E-state index is 0.699. The maximum absolute atomic E-state index is 4.50. The van der Waals surface area contributed by atoms with Gasteiger partial charge in [-0.3, -0.25) is 4.99 Å². The van der Waals surface area contributed by atoms with E-state index in [4.69, 9.17) is 0 Å². The molecule has 0 saturated carbocycles. The first-order valence-corrected chi connectivity index (χ1v) is 6.24. The Kier molecular flexibility index (Phi) is 3.10. The Labute approximate surface area is 111 Å². The van der Waals surface area contributed by atoms with Crippen molar-refractivity contribution in [2.24, 2.45) is 4.99 Å². The third-order valence-electron chi connectivity index (χ3n) is 2.90. The second-order valence-corrected chi connectivity index (χ2v) is 4.42. The average molecular weight is 253 g/mol. The van der Waals surface area contributed by atoms with Crippen LogP contribution in [0.5, 0.6) is 0 Å². The first kappa shape index (κ1) is 11.6. The van der Waals surface area contributed by atoms with E-state index in [1.807, 2.05) is 42.2 Å². The lowest BCUT2D eigenvalue weighted by atomic mass is 10.2. The molecule has 5 nitrogen and oxygen atoms in total. The van der Waals surface area contributed by atoms with Gasteiger partial charge >= 0.3 is 0 Å². The van der Waals surface area contributed by atoms with E-state index in [9.17, 15) is 0 Å². The van der Waals surface area contributed by atoms with Crippen molar-refractivity contribution in [3.63, 3.8) is 0 Å². The van der Waals surface area contributed by atoms with Crippen LogP contribution in [-0.4, -0.2) is 27.1 Å². The molecule has 3 heterocycles. The summed E-state index contributed by atoms with van der Waals surface area (Å²) in [4.78, 5) is 13.0. The molecule has 0 aromatic carbocycles. The zero-order valence-electron chi connectivity index (χ0n) is 10.7. The van der Waals surface area contributed by atoms with Crippen molar-refractivity contribution in [2.45, 2.75) is 13.3 Å². The van der Waals surface area contributed by atoms with Gasteiger partial charge in [0.1, 0.15) is 0 Å². The van der Waals surface area contributed by atoms with Crippen molar-refractivity contribution in [1.29, 1.82) is 0 Å². The van der Waals surface area contributed by atoms with Crippen molar-refractivity contribution < 1.29 is 0 Å². The van der Waals surface area contributed by atoms with E-state index in [0.717, 1.165) is 29.2 Å². The molecule has 0 atom stereocenters. The number of aromatic nitrogens is 3.